The third-order valence-electron chi connectivity index (χ3n) is 5.83. The summed E-state index contributed by atoms with van der Waals surface area (Å²) in [6.45, 7) is 1.49. The van der Waals surface area contributed by atoms with Crippen LogP contribution in [0.3, 0.4) is 0 Å². The van der Waals surface area contributed by atoms with Gasteiger partial charge in [0.05, 0.1) is 23.3 Å². The summed E-state index contributed by atoms with van der Waals surface area (Å²) in [7, 11) is -2.87. The number of rotatable bonds is 4. The predicted molar refractivity (Wildman–Crippen MR) is 111 cm³/mol. The Kier molecular flexibility index (Phi) is 5.31. The van der Waals surface area contributed by atoms with Crippen molar-refractivity contribution in [2.45, 2.75) is 36.4 Å². The molecule has 1 atom stereocenters. The second-order valence-corrected chi connectivity index (χ2v) is 9.78. The molecule has 12 heteroatoms. The van der Waals surface area contributed by atoms with Crippen molar-refractivity contribution in [3.05, 3.63) is 53.1 Å². The molecule has 33 heavy (non-hydrogen) atoms. The lowest BCUT2D eigenvalue weighted by Crippen LogP contribution is -2.41. The monoisotopic (exact) mass is 483 g/mol. The largest absolute Gasteiger partial charge is 0.496 e. The highest BCUT2D eigenvalue weighted by atomic mass is 32.2. The molecule has 1 saturated heterocycles. The maximum atomic E-state index is 13.5. The molecule has 0 unspecified atom stereocenters. The zero-order valence-corrected chi connectivity index (χ0v) is 18.4. The number of halogens is 3. The first-order valence-electron chi connectivity index (χ1n) is 9.93. The molecule has 0 spiro atoms. The summed E-state index contributed by atoms with van der Waals surface area (Å²) >= 11 is 0. The van der Waals surface area contributed by atoms with Crippen LogP contribution in [0.15, 0.2) is 41.3 Å². The zero-order chi connectivity index (χ0) is 24.2. The van der Waals surface area contributed by atoms with Crippen LogP contribution in [0.25, 0.3) is 0 Å². The molecule has 0 radical (unpaired) electrons. The number of anilines is 1. The van der Waals surface area contributed by atoms with Crippen molar-refractivity contribution in [2.75, 3.05) is 18.0 Å². The Morgan fingerprint density at radius 3 is 2.45 bits per heavy atom. The number of nitrogens with one attached hydrogen (secondary N) is 2. The third kappa shape index (κ3) is 3.77. The van der Waals surface area contributed by atoms with Crippen molar-refractivity contribution in [1.29, 1.82) is 0 Å². The number of sulfonamides is 1. The summed E-state index contributed by atoms with van der Waals surface area (Å²) in [6, 6.07) is 6.13. The molecule has 176 valence electrons. The van der Waals surface area contributed by atoms with Gasteiger partial charge >= 0.3 is 12.2 Å². The predicted octanol–water partition coefficient (Wildman–Crippen LogP) is 2.91. The second-order valence-electron chi connectivity index (χ2n) is 7.92. The van der Waals surface area contributed by atoms with E-state index >= 15 is 0 Å². The molecule has 0 aromatic heterocycles. The molecule has 2 N–H and O–H groups in total. The summed E-state index contributed by atoms with van der Waals surface area (Å²) < 4.78 is 72.7. The van der Waals surface area contributed by atoms with E-state index in [-0.39, 0.29) is 34.0 Å². The van der Waals surface area contributed by atoms with Gasteiger partial charge in [0, 0.05) is 12.1 Å². The smallest absolute Gasteiger partial charge is 0.416 e. The van der Waals surface area contributed by atoms with Crippen LogP contribution in [0, 0.1) is 0 Å². The quantitative estimate of drug-likeness (QED) is 0.651. The minimum atomic E-state index is -4.54. The summed E-state index contributed by atoms with van der Waals surface area (Å²) in [5.41, 5.74) is -1.84. The highest BCUT2D eigenvalue weighted by Crippen LogP contribution is 2.39. The van der Waals surface area contributed by atoms with Gasteiger partial charge in [-0.15, -0.1) is 0 Å². The van der Waals surface area contributed by atoms with Gasteiger partial charge in [-0.1, -0.05) is 0 Å². The second kappa shape index (κ2) is 7.65. The van der Waals surface area contributed by atoms with Gasteiger partial charge in [-0.05, 0) is 61.7 Å². The fourth-order valence-corrected chi connectivity index (χ4v) is 5.65. The summed E-state index contributed by atoms with van der Waals surface area (Å²) in [4.78, 5) is 23.9. The minimum absolute atomic E-state index is 0.0799. The molecule has 2 aliphatic heterocycles. The lowest BCUT2D eigenvalue weighted by molar-refractivity contribution is -0.137. The van der Waals surface area contributed by atoms with E-state index in [9.17, 15) is 31.2 Å². The number of carbonyl (C=O) groups is 2. The maximum Gasteiger partial charge on any atom is 0.416 e. The van der Waals surface area contributed by atoms with Gasteiger partial charge in [0.1, 0.15) is 11.3 Å². The van der Waals surface area contributed by atoms with Gasteiger partial charge in [-0.2, -0.15) is 13.2 Å². The van der Waals surface area contributed by atoms with E-state index in [1.165, 1.54) is 32.2 Å². The van der Waals surface area contributed by atoms with Crippen LogP contribution < -0.4 is 19.7 Å². The summed E-state index contributed by atoms with van der Waals surface area (Å²) in [5.74, 6) is -0.494. The maximum absolute atomic E-state index is 13.5. The summed E-state index contributed by atoms with van der Waals surface area (Å²) in [6.07, 6.45) is -3.89. The Morgan fingerprint density at radius 1 is 1.12 bits per heavy atom. The first-order chi connectivity index (χ1) is 15.4. The molecule has 0 aliphatic carbocycles. The van der Waals surface area contributed by atoms with E-state index in [1.54, 1.807) is 0 Å². The van der Waals surface area contributed by atoms with E-state index in [1.807, 2.05) is 0 Å². The van der Waals surface area contributed by atoms with Crippen molar-refractivity contribution in [2.24, 2.45) is 0 Å². The number of hydrogen-bond acceptors (Lipinski definition) is 5. The number of benzene rings is 2. The van der Waals surface area contributed by atoms with Crippen molar-refractivity contribution >= 4 is 27.6 Å². The molecule has 2 aliphatic rings. The fraction of sp³-hybridized carbons (Fsp3) is 0.333. The number of nitrogens with zero attached hydrogens (tertiary/aromatic N) is 1. The van der Waals surface area contributed by atoms with Crippen LogP contribution in [0.4, 0.5) is 23.7 Å². The van der Waals surface area contributed by atoms with Crippen LogP contribution in [0.2, 0.25) is 0 Å². The van der Waals surface area contributed by atoms with Gasteiger partial charge in [0.15, 0.2) is 0 Å². The van der Waals surface area contributed by atoms with Crippen molar-refractivity contribution in [3.63, 3.8) is 0 Å². The molecule has 1 fully saturated rings. The number of urea groups is 1. The standard InChI is InChI=1S/C21H20F3N3O5S/c1-20(18(28)25-19(29)26-20)15-11-14(6-8-17(15)32-2)33(30,31)27-9-3-4-12-10-13(21(22,23)24)5-7-16(12)27/h5-8,10-11H,3-4,9H2,1-2H3,(H2,25,26,28,29)/t20-/m1/s1. The van der Waals surface area contributed by atoms with E-state index in [0.29, 0.717) is 12.8 Å². The van der Waals surface area contributed by atoms with Crippen molar-refractivity contribution < 1.29 is 35.9 Å². The summed E-state index contributed by atoms with van der Waals surface area (Å²) in [5, 5.41) is 4.58. The Morgan fingerprint density at radius 2 is 1.85 bits per heavy atom. The topological polar surface area (TPSA) is 105 Å². The van der Waals surface area contributed by atoms with Gasteiger partial charge < -0.3 is 10.1 Å². The van der Waals surface area contributed by atoms with Crippen molar-refractivity contribution in [3.8, 4) is 5.75 Å². The molecule has 3 amide bonds. The SMILES string of the molecule is COc1ccc(S(=O)(=O)N2CCCc3cc(C(F)(F)F)ccc32)cc1[C@@]1(C)NC(=O)NC1=O. The molecule has 2 heterocycles. The number of aryl methyl sites for hydroxylation is 1. The van der Waals surface area contributed by atoms with Crippen LogP contribution in [0.1, 0.15) is 30.0 Å². The number of ether oxygens (including phenoxy) is 1. The molecule has 0 bridgehead atoms. The minimum Gasteiger partial charge on any atom is -0.496 e. The van der Waals surface area contributed by atoms with Crippen LogP contribution in [0.5, 0.6) is 5.75 Å². The zero-order valence-electron chi connectivity index (χ0n) is 17.6. The normalized spacial score (nSPS) is 20.8. The average Bonchev–Trinajstić information content (AvgIpc) is 3.03. The number of imide groups is 1. The van der Waals surface area contributed by atoms with E-state index in [2.05, 4.69) is 10.6 Å². The first-order valence-corrected chi connectivity index (χ1v) is 11.4. The molecular formula is C21H20F3N3O5S. The average molecular weight is 483 g/mol. The molecular weight excluding hydrogens is 463 g/mol. The Bertz CT molecular complexity index is 1260. The van der Waals surface area contributed by atoms with Crippen LogP contribution in [-0.4, -0.2) is 34.0 Å². The number of hydrogen-bond donors (Lipinski definition) is 2. The Balaban J connectivity index is 1.80. The molecule has 8 nitrogen and oxygen atoms in total. The Labute approximate surface area is 187 Å². The molecule has 4 rings (SSSR count). The molecule has 2 aromatic carbocycles. The van der Waals surface area contributed by atoms with Crippen LogP contribution in [-0.2, 0) is 33.0 Å². The van der Waals surface area contributed by atoms with Gasteiger partial charge in [0.25, 0.3) is 15.9 Å². The molecule has 2 aromatic rings. The fourth-order valence-electron chi connectivity index (χ4n) is 4.09. The number of fused-ring (bicyclic) bond motifs is 1. The lowest BCUT2D eigenvalue weighted by atomic mass is 9.91. The highest BCUT2D eigenvalue weighted by Gasteiger charge is 2.46. The van der Waals surface area contributed by atoms with E-state index in [4.69, 9.17) is 4.74 Å². The first kappa shape index (κ1) is 22.9. The van der Waals surface area contributed by atoms with Gasteiger partial charge in [-0.3, -0.25) is 14.4 Å². The van der Waals surface area contributed by atoms with Gasteiger partial charge in [0.2, 0.25) is 0 Å². The highest BCUT2D eigenvalue weighted by molar-refractivity contribution is 7.92. The number of amides is 3. The molecule has 0 saturated carbocycles. The lowest BCUT2D eigenvalue weighted by Gasteiger charge is -2.31. The van der Waals surface area contributed by atoms with E-state index < -0.39 is 39.2 Å². The number of methoxy groups -OCH3 is 1. The Hall–Kier alpha value is -3.28. The van der Waals surface area contributed by atoms with Crippen molar-refractivity contribution in [1.82, 2.24) is 10.6 Å². The van der Waals surface area contributed by atoms with Gasteiger partial charge in [-0.25, -0.2) is 13.2 Å². The number of alkyl halides is 3. The van der Waals surface area contributed by atoms with Crippen LogP contribution >= 0.6 is 0 Å². The number of carbonyl (C=O) groups excluding carboxylic acids is 2. The van der Waals surface area contributed by atoms with E-state index in [0.717, 1.165) is 22.5 Å². The third-order valence-corrected chi connectivity index (χ3v) is 7.63.